The number of nitrogens with one attached hydrogen (secondary N) is 3. The van der Waals surface area contributed by atoms with Gasteiger partial charge in [0.05, 0.1) is 12.0 Å². The summed E-state index contributed by atoms with van der Waals surface area (Å²) in [5, 5.41) is 22.3. The molecule has 3 aromatic carbocycles. The first-order valence-electron chi connectivity index (χ1n) is 11.9. The average Bonchev–Trinajstić information content (AvgIpc) is 2.86. The zero-order valence-electron chi connectivity index (χ0n) is 20.4. The highest BCUT2D eigenvalue weighted by molar-refractivity contribution is 6.01. The molecule has 188 valence electrons. The van der Waals surface area contributed by atoms with Crippen LogP contribution in [-0.2, 0) is 16.1 Å². The fourth-order valence-electron chi connectivity index (χ4n) is 4.13. The molecule has 0 unspecified atom stereocenters. The monoisotopic (exact) mass is 487 g/mol. The Labute approximate surface area is 211 Å². The van der Waals surface area contributed by atoms with Crippen LogP contribution in [0.3, 0.4) is 0 Å². The number of hydrogen-bond donors (Lipinski definition) is 5. The van der Waals surface area contributed by atoms with Crippen molar-refractivity contribution >= 4 is 17.8 Å². The van der Waals surface area contributed by atoms with Crippen LogP contribution in [0.25, 0.3) is 0 Å². The highest BCUT2D eigenvalue weighted by atomic mass is 16.3. The Morgan fingerprint density at radius 1 is 0.917 bits per heavy atom. The van der Waals surface area contributed by atoms with E-state index >= 15 is 0 Å². The van der Waals surface area contributed by atoms with Crippen molar-refractivity contribution in [3.63, 3.8) is 0 Å². The van der Waals surface area contributed by atoms with Crippen molar-refractivity contribution in [2.24, 2.45) is 5.73 Å². The third-order valence-electron chi connectivity index (χ3n) is 5.95. The van der Waals surface area contributed by atoms with Gasteiger partial charge in [-0.2, -0.15) is 0 Å². The molecule has 0 aliphatic carbocycles. The lowest BCUT2D eigenvalue weighted by atomic mass is 9.90. The number of guanidine groups is 1. The second kappa shape index (κ2) is 13.1. The number of carbonyl (C=O) groups is 2. The summed E-state index contributed by atoms with van der Waals surface area (Å²) in [6.07, 6.45) is 1.03. The van der Waals surface area contributed by atoms with Gasteiger partial charge in [0, 0.05) is 13.1 Å². The van der Waals surface area contributed by atoms with Crippen molar-refractivity contribution < 1.29 is 14.7 Å². The molecule has 0 saturated heterocycles. The number of nitrogens with two attached hydrogens (primary N) is 1. The molecule has 2 amide bonds. The number of carbonyl (C=O) groups excluding carboxylic acids is 2. The first-order chi connectivity index (χ1) is 17.3. The molecule has 0 aromatic heterocycles. The summed E-state index contributed by atoms with van der Waals surface area (Å²) in [5.41, 5.74) is 7.89. The van der Waals surface area contributed by atoms with Crippen molar-refractivity contribution in [2.45, 2.75) is 31.3 Å². The lowest BCUT2D eigenvalue weighted by Gasteiger charge is -2.28. The van der Waals surface area contributed by atoms with Crippen molar-refractivity contribution in [2.75, 3.05) is 13.6 Å². The molecule has 8 heteroatoms. The second-order valence-electron chi connectivity index (χ2n) is 8.69. The summed E-state index contributed by atoms with van der Waals surface area (Å²) < 4.78 is 0. The van der Waals surface area contributed by atoms with Crippen LogP contribution >= 0.6 is 0 Å². The lowest BCUT2D eigenvalue weighted by Crippen LogP contribution is -2.48. The van der Waals surface area contributed by atoms with E-state index in [2.05, 4.69) is 10.6 Å². The number of benzene rings is 3. The number of hydrogen-bond acceptors (Lipinski definition) is 5. The second-order valence-corrected chi connectivity index (χ2v) is 8.69. The molecule has 0 saturated carbocycles. The normalized spacial score (nSPS) is 11.8. The van der Waals surface area contributed by atoms with E-state index in [-0.39, 0.29) is 23.5 Å². The van der Waals surface area contributed by atoms with E-state index in [9.17, 15) is 14.7 Å². The molecular weight excluding hydrogens is 454 g/mol. The third-order valence-corrected chi connectivity index (χ3v) is 5.95. The Kier molecular flexibility index (Phi) is 9.59. The highest BCUT2D eigenvalue weighted by Crippen LogP contribution is 2.25. The minimum Gasteiger partial charge on any atom is -0.508 e. The number of amides is 2. The van der Waals surface area contributed by atoms with Gasteiger partial charge >= 0.3 is 0 Å². The van der Waals surface area contributed by atoms with E-state index in [1.165, 1.54) is 0 Å². The van der Waals surface area contributed by atoms with Gasteiger partial charge in [-0.15, -0.1) is 0 Å². The smallest absolute Gasteiger partial charge is 0.243 e. The summed E-state index contributed by atoms with van der Waals surface area (Å²) in [6, 6.07) is 25.0. The molecule has 6 N–H and O–H groups in total. The van der Waals surface area contributed by atoms with Crippen LogP contribution in [-0.4, -0.2) is 47.4 Å². The molecule has 36 heavy (non-hydrogen) atoms. The number of likely N-dealkylation sites (N-methyl/N-ethyl adjacent to an activating group) is 1. The van der Waals surface area contributed by atoms with Crippen LogP contribution in [0.5, 0.6) is 5.75 Å². The Balaban J connectivity index is 1.78. The fraction of sp³-hybridized carbons (Fsp3) is 0.250. The largest absolute Gasteiger partial charge is 0.508 e. The third kappa shape index (κ3) is 7.68. The predicted octanol–water partition coefficient (Wildman–Crippen LogP) is 2.93. The maximum Gasteiger partial charge on any atom is 0.243 e. The van der Waals surface area contributed by atoms with Gasteiger partial charge in [0.2, 0.25) is 11.8 Å². The summed E-state index contributed by atoms with van der Waals surface area (Å²) in [4.78, 5) is 28.8. The minimum absolute atomic E-state index is 0.128. The van der Waals surface area contributed by atoms with E-state index in [0.717, 1.165) is 16.7 Å². The zero-order chi connectivity index (χ0) is 25.9. The van der Waals surface area contributed by atoms with Crippen molar-refractivity contribution in [3.8, 4) is 5.75 Å². The summed E-state index contributed by atoms with van der Waals surface area (Å²) in [6.45, 7) is 0.893. The summed E-state index contributed by atoms with van der Waals surface area (Å²) in [7, 11) is 1.83. The molecule has 0 aliphatic heterocycles. The average molecular weight is 488 g/mol. The van der Waals surface area contributed by atoms with Gasteiger partial charge in [-0.1, -0.05) is 72.8 Å². The molecule has 0 fully saturated rings. The molecule has 8 nitrogen and oxygen atoms in total. The first kappa shape index (κ1) is 26.4. The molecule has 0 bridgehead atoms. The maximum atomic E-state index is 13.5. The van der Waals surface area contributed by atoms with Gasteiger partial charge in [-0.3, -0.25) is 25.2 Å². The Bertz CT molecular complexity index is 1100. The predicted molar refractivity (Wildman–Crippen MR) is 140 cm³/mol. The summed E-state index contributed by atoms with van der Waals surface area (Å²) in [5.74, 6) is -1.36. The molecule has 0 heterocycles. The van der Waals surface area contributed by atoms with Gasteiger partial charge in [0.25, 0.3) is 0 Å². The van der Waals surface area contributed by atoms with E-state index in [1.54, 1.807) is 24.3 Å². The molecule has 0 aliphatic rings. The SMILES string of the molecule is CN(Cc1ccc(O)cc1)[C@@H](CCCNC(=N)N)C(=O)NC(=O)C(c1ccccc1)c1ccccc1. The van der Waals surface area contributed by atoms with Crippen LogP contribution in [0.2, 0.25) is 0 Å². The number of aromatic hydroxyl groups is 1. The van der Waals surface area contributed by atoms with Crippen LogP contribution in [0.1, 0.15) is 35.4 Å². The molecule has 3 rings (SSSR count). The maximum absolute atomic E-state index is 13.5. The number of phenolic OH excluding ortho intramolecular Hbond substituents is 1. The van der Waals surface area contributed by atoms with Crippen LogP contribution in [0, 0.1) is 5.41 Å². The standard InChI is InChI=1S/C28H33N5O3/c1-33(19-20-14-16-23(34)17-15-20)24(13-8-18-31-28(29)30)26(35)32-27(36)25(21-9-4-2-5-10-21)22-11-6-3-7-12-22/h2-7,9-12,14-17,24-25,34H,8,13,18-19H2,1H3,(H4,29,30,31)(H,32,35,36)/t24-/m0/s1. The summed E-state index contributed by atoms with van der Waals surface area (Å²) >= 11 is 0. The Hall–Kier alpha value is -4.17. The van der Waals surface area contributed by atoms with Crippen molar-refractivity contribution in [1.82, 2.24) is 15.5 Å². The molecular formula is C28H33N5O3. The fourth-order valence-corrected chi connectivity index (χ4v) is 4.13. The van der Waals surface area contributed by atoms with Gasteiger partial charge in [-0.05, 0) is 48.7 Å². The van der Waals surface area contributed by atoms with E-state index < -0.39 is 12.0 Å². The van der Waals surface area contributed by atoms with Crippen LogP contribution < -0.4 is 16.4 Å². The van der Waals surface area contributed by atoms with E-state index in [1.807, 2.05) is 72.6 Å². The van der Waals surface area contributed by atoms with Crippen molar-refractivity contribution in [3.05, 3.63) is 102 Å². The molecule has 1 atom stereocenters. The van der Waals surface area contributed by atoms with Gasteiger partial charge in [0.15, 0.2) is 5.96 Å². The minimum atomic E-state index is -0.626. The van der Waals surface area contributed by atoms with Crippen LogP contribution in [0.4, 0.5) is 0 Å². The quantitative estimate of drug-likeness (QED) is 0.161. The number of nitrogens with zero attached hydrogens (tertiary/aromatic N) is 1. The Morgan fingerprint density at radius 3 is 2.00 bits per heavy atom. The van der Waals surface area contributed by atoms with Gasteiger partial charge in [-0.25, -0.2) is 0 Å². The number of imide groups is 1. The zero-order valence-corrected chi connectivity index (χ0v) is 20.4. The van der Waals surface area contributed by atoms with Crippen LogP contribution in [0.15, 0.2) is 84.9 Å². The Morgan fingerprint density at radius 2 is 1.47 bits per heavy atom. The number of rotatable bonds is 11. The number of phenols is 1. The first-order valence-corrected chi connectivity index (χ1v) is 11.9. The molecule has 0 spiro atoms. The van der Waals surface area contributed by atoms with E-state index in [0.29, 0.717) is 25.9 Å². The highest BCUT2D eigenvalue weighted by Gasteiger charge is 2.29. The molecule has 3 aromatic rings. The van der Waals surface area contributed by atoms with Crippen molar-refractivity contribution in [1.29, 1.82) is 5.41 Å². The molecule has 0 radical (unpaired) electrons. The van der Waals surface area contributed by atoms with Gasteiger partial charge < -0.3 is 16.2 Å². The topological polar surface area (TPSA) is 132 Å². The lowest BCUT2D eigenvalue weighted by molar-refractivity contribution is -0.134. The van der Waals surface area contributed by atoms with E-state index in [4.69, 9.17) is 11.1 Å². The van der Waals surface area contributed by atoms with Gasteiger partial charge in [0.1, 0.15) is 5.75 Å².